The zero-order valence-corrected chi connectivity index (χ0v) is 14.0. The number of anilines is 1. The average molecular weight is 360 g/mol. The number of amides is 1. The van der Waals surface area contributed by atoms with Gasteiger partial charge in [-0.05, 0) is 48.7 Å². The van der Waals surface area contributed by atoms with E-state index in [1.807, 2.05) is 35.2 Å². The zero-order chi connectivity index (χ0) is 18.6. The molecule has 1 amide bonds. The van der Waals surface area contributed by atoms with Crippen molar-refractivity contribution in [1.29, 1.82) is 0 Å². The summed E-state index contributed by atoms with van der Waals surface area (Å²) in [7, 11) is 0. The molecule has 26 heavy (non-hydrogen) atoms. The molecule has 0 bridgehead atoms. The van der Waals surface area contributed by atoms with Crippen molar-refractivity contribution in [2.75, 3.05) is 11.4 Å². The highest BCUT2D eigenvalue weighted by Gasteiger charge is 2.31. The van der Waals surface area contributed by atoms with Crippen LogP contribution in [0.3, 0.4) is 0 Å². The first-order valence-electron chi connectivity index (χ1n) is 8.41. The lowest BCUT2D eigenvalue weighted by Gasteiger charge is -2.27. The molecule has 1 unspecified atom stereocenters. The summed E-state index contributed by atoms with van der Waals surface area (Å²) in [5, 5.41) is 2.92. The fourth-order valence-corrected chi connectivity index (χ4v) is 3.02. The van der Waals surface area contributed by atoms with Crippen LogP contribution >= 0.6 is 0 Å². The van der Waals surface area contributed by atoms with Gasteiger partial charge < -0.3 is 10.2 Å². The molecule has 1 aliphatic heterocycles. The van der Waals surface area contributed by atoms with Crippen LogP contribution in [0.15, 0.2) is 60.7 Å². The first kappa shape index (κ1) is 18.0. The van der Waals surface area contributed by atoms with Gasteiger partial charge >= 0.3 is 6.18 Å². The number of nitrogens with zero attached hydrogens (tertiary/aromatic N) is 1. The van der Waals surface area contributed by atoms with E-state index >= 15 is 0 Å². The molecule has 0 aliphatic carbocycles. The molecule has 2 aromatic rings. The SMILES string of the molecule is O=C(/C=C/c1ccccc1)NC1CCCN1c1ccc(C(F)(F)F)cc1. The van der Waals surface area contributed by atoms with Crippen molar-refractivity contribution in [1.82, 2.24) is 5.32 Å². The van der Waals surface area contributed by atoms with Crippen LogP contribution in [0.2, 0.25) is 0 Å². The summed E-state index contributed by atoms with van der Waals surface area (Å²) in [5.41, 5.74) is 0.924. The van der Waals surface area contributed by atoms with Crippen LogP contribution in [0, 0.1) is 0 Å². The molecule has 0 spiro atoms. The van der Waals surface area contributed by atoms with Crippen molar-refractivity contribution in [3.63, 3.8) is 0 Å². The third-order valence-corrected chi connectivity index (χ3v) is 4.31. The minimum Gasteiger partial charge on any atom is -0.351 e. The van der Waals surface area contributed by atoms with Crippen LogP contribution in [0.25, 0.3) is 6.08 Å². The number of halogens is 3. The first-order valence-corrected chi connectivity index (χ1v) is 8.41. The van der Waals surface area contributed by atoms with Gasteiger partial charge in [0, 0.05) is 18.3 Å². The predicted octanol–water partition coefficient (Wildman–Crippen LogP) is 4.46. The van der Waals surface area contributed by atoms with Gasteiger partial charge in [-0.1, -0.05) is 30.3 Å². The molecule has 1 heterocycles. The Morgan fingerprint density at radius 1 is 1.08 bits per heavy atom. The number of hydrogen-bond donors (Lipinski definition) is 1. The fraction of sp³-hybridized carbons (Fsp3) is 0.250. The van der Waals surface area contributed by atoms with Gasteiger partial charge in [-0.25, -0.2) is 0 Å². The van der Waals surface area contributed by atoms with Gasteiger partial charge in [0.2, 0.25) is 5.91 Å². The van der Waals surface area contributed by atoms with Crippen molar-refractivity contribution < 1.29 is 18.0 Å². The van der Waals surface area contributed by atoms with E-state index < -0.39 is 11.7 Å². The van der Waals surface area contributed by atoms with E-state index in [4.69, 9.17) is 0 Å². The standard InChI is InChI=1S/C20H19F3N2O/c21-20(22,23)16-9-11-17(12-10-16)25-14-4-7-18(25)24-19(26)13-8-15-5-2-1-3-6-15/h1-3,5-6,8-13,18H,4,7,14H2,(H,24,26)/b13-8+. The Labute approximate surface area is 150 Å². The highest BCUT2D eigenvalue weighted by Crippen LogP contribution is 2.32. The van der Waals surface area contributed by atoms with Gasteiger partial charge in [0.05, 0.1) is 5.56 Å². The molecule has 1 N–H and O–H groups in total. The quantitative estimate of drug-likeness (QED) is 0.817. The Balaban J connectivity index is 1.64. The van der Waals surface area contributed by atoms with E-state index in [0.717, 1.165) is 30.5 Å². The Bertz CT molecular complexity index is 770. The summed E-state index contributed by atoms with van der Waals surface area (Å²) in [4.78, 5) is 14.1. The maximum atomic E-state index is 12.7. The molecule has 6 heteroatoms. The van der Waals surface area contributed by atoms with Crippen molar-refractivity contribution in [3.05, 3.63) is 71.8 Å². The van der Waals surface area contributed by atoms with Gasteiger partial charge in [0.15, 0.2) is 0 Å². The molecular formula is C20H19F3N2O. The summed E-state index contributed by atoms with van der Waals surface area (Å²) in [6.07, 6.45) is 0.255. The van der Waals surface area contributed by atoms with Gasteiger partial charge in [0.25, 0.3) is 0 Å². The van der Waals surface area contributed by atoms with Crippen molar-refractivity contribution in [3.8, 4) is 0 Å². The van der Waals surface area contributed by atoms with Gasteiger partial charge in [-0.15, -0.1) is 0 Å². The third-order valence-electron chi connectivity index (χ3n) is 4.31. The zero-order valence-electron chi connectivity index (χ0n) is 14.0. The van der Waals surface area contributed by atoms with E-state index in [1.54, 1.807) is 6.08 Å². The summed E-state index contributed by atoms with van der Waals surface area (Å²) >= 11 is 0. The monoisotopic (exact) mass is 360 g/mol. The highest BCUT2D eigenvalue weighted by atomic mass is 19.4. The van der Waals surface area contributed by atoms with E-state index in [-0.39, 0.29) is 12.1 Å². The maximum absolute atomic E-state index is 12.7. The molecule has 3 nitrogen and oxygen atoms in total. The summed E-state index contributed by atoms with van der Waals surface area (Å²) in [6.45, 7) is 0.693. The van der Waals surface area contributed by atoms with Crippen LogP contribution in [-0.4, -0.2) is 18.6 Å². The topological polar surface area (TPSA) is 32.3 Å². The molecule has 2 aromatic carbocycles. The summed E-state index contributed by atoms with van der Waals surface area (Å²) < 4.78 is 38.1. The second-order valence-corrected chi connectivity index (χ2v) is 6.15. The molecule has 0 radical (unpaired) electrons. The molecule has 1 saturated heterocycles. The van der Waals surface area contributed by atoms with Gasteiger partial charge in [-0.2, -0.15) is 13.2 Å². The predicted molar refractivity (Wildman–Crippen MR) is 95.4 cm³/mol. The lowest BCUT2D eigenvalue weighted by atomic mass is 10.2. The fourth-order valence-electron chi connectivity index (χ4n) is 3.02. The minimum atomic E-state index is -4.35. The van der Waals surface area contributed by atoms with E-state index in [9.17, 15) is 18.0 Å². The summed E-state index contributed by atoms with van der Waals surface area (Å²) in [6, 6.07) is 14.5. The van der Waals surface area contributed by atoms with Crippen LogP contribution < -0.4 is 10.2 Å². The highest BCUT2D eigenvalue weighted by molar-refractivity contribution is 5.92. The number of benzene rings is 2. The maximum Gasteiger partial charge on any atom is 0.416 e. The van der Waals surface area contributed by atoms with Crippen LogP contribution in [-0.2, 0) is 11.0 Å². The van der Waals surface area contributed by atoms with E-state index in [1.165, 1.54) is 18.2 Å². The Morgan fingerprint density at radius 2 is 1.77 bits per heavy atom. The van der Waals surface area contributed by atoms with Crippen LogP contribution in [0.4, 0.5) is 18.9 Å². The second kappa shape index (κ2) is 7.64. The number of carbonyl (C=O) groups excluding carboxylic acids is 1. The molecule has 3 rings (SSSR count). The molecule has 136 valence electrons. The van der Waals surface area contributed by atoms with Gasteiger partial charge in [0.1, 0.15) is 6.17 Å². The Kier molecular flexibility index (Phi) is 5.30. The summed E-state index contributed by atoms with van der Waals surface area (Å²) in [5.74, 6) is -0.224. The van der Waals surface area contributed by atoms with Crippen molar-refractivity contribution in [2.24, 2.45) is 0 Å². The smallest absolute Gasteiger partial charge is 0.351 e. The average Bonchev–Trinajstić information content (AvgIpc) is 3.08. The number of carbonyl (C=O) groups is 1. The molecule has 1 fully saturated rings. The lowest BCUT2D eigenvalue weighted by Crippen LogP contribution is -2.43. The number of hydrogen-bond acceptors (Lipinski definition) is 2. The molecule has 1 aliphatic rings. The van der Waals surface area contributed by atoms with E-state index in [2.05, 4.69) is 5.32 Å². The molecule has 1 atom stereocenters. The molecule has 0 aromatic heterocycles. The van der Waals surface area contributed by atoms with Crippen LogP contribution in [0.5, 0.6) is 0 Å². The number of rotatable bonds is 4. The lowest BCUT2D eigenvalue weighted by molar-refractivity contribution is -0.137. The minimum absolute atomic E-state index is 0.223. The van der Waals surface area contributed by atoms with Crippen molar-refractivity contribution >= 4 is 17.7 Å². The van der Waals surface area contributed by atoms with Crippen LogP contribution in [0.1, 0.15) is 24.0 Å². The number of alkyl halides is 3. The largest absolute Gasteiger partial charge is 0.416 e. The molecule has 0 saturated carbocycles. The molecular weight excluding hydrogens is 341 g/mol. The Morgan fingerprint density at radius 3 is 2.42 bits per heavy atom. The number of nitrogens with one attached hydrogen (secondary N) is 1. The normalized spacial score (nSPS) is 17.7. The second-order valence-electron chi connectivity index (χ2n) is 6.15. The van der Waals surface area contributed by atoms with Gasteiger partial charge in [-0.3, -0.25) is 4.79 Å². The van der Waals surface area contributed by atoms with E-state index in [0.29, 0.717) is 12.2 Å². The Hall–Kier alpha value is -2.76. The first-order chi connectivity index (χ1) is 12.4. The third kappa shape index (κ3) is 4.45. The van der Waals surface area contributed by atoms with Crippen molar-refractivity contribution in [2.45, 2.75) is 25.2 Å².